The van der Waals surface area contributed by atoms with Crippen LogP contribution in [-0.4, -0.2) is 25.4 Å². The number of hydrogen-bond donors (Lipinski definition) is 1. The second-order valence-corrected chi connectivity index (χ2v) is 4.94. The molecule has 2 aromatic heterocycles. The minimum atomic E-state index is 0.0850. The molecule has 0 aliphatic carbocycles. The summed E-state index contributed by atoms with van der Waals surface area (Å²) in [5.41, 5.74) is 7.68. The van der Waals surface area contributed by atoms with Crippen LogP contribution in [0.15, 0.2) is 30.5 Å². The summed E-state index contributed by atoms with van der Waals surface area (Å²) in [4.78, 5) is 4.42. The van der Waals surface area contributed by atoms with Crippen LogP contribution in [0.3, 0.4) is 0 Å². The van der Waals surface area contributed by atoms with Crippen LogP contribution in [-0.2, 0) is 7.05 Å². The highest BCUT2D eigenvalue weighted by Crippen LogP contribution is 2.29. The van der Waals surface area contributed by atoms with Crippen LogP contribution in [0.4, 0.5) is 5.95 Å². The van der Waals surface area contributed by atoms with E-state index < -0.39 is 0 Å². The van der Waals surface area contributed by atoms with Crippen LogP contribution < -0.4 is 10.5 Å². The number of aryl methyl sites for hydroxylation is 1. The molecule has 6 heteroatoms. The quantitative estimate of drug-likeness (QED) is 0.792. The molecule has 20 heavy (non-hydrogen) atoms. The number of benzene rings is 1. The minimum absolute atomic E-state index is 0.0850. The zero-order valence-electron chi connectivity index (χ0n) is 11.7. The zero-order chi connectivity index (χ0) is 14.3. The Labute approximate surface area is 116 Å². The first-order valence-corrected chi connectivity index (χ1v) is 6.50. The van der Waals surface area contributed by atoms with E-state index in [2.05, 4.69) is 10.1 Å². The van der Waals surface area contributed by atoms with Crippen molar-refractivity contribution in [3.63, 3.8) is 0 Å². The fraction of sp³-hybridized carbons (Fsp3) is 0.286. The van der Waals surface area contributed by atoms with Gasteiger partial charge in [-0.3, -0.25) is 9.25 Å². The molecule has 6 nitrogen and oxygen atoms in total. The number of para-hydroxylation sites is 1. The number of rotatable bonds is 3. The Bertz CT molecular complexity index is 756. The van der Waals surface area contributed by atoms with Crippen LogP contribution in [0.5, 0.6) is 5.75 Å². The third kappa shape index (κ3) is 1.99. The van der Waals surface area contributed by atoms with E-state index in [-0.39, 0.29) is 6.10 Å². The Morgan fingerprint density at radius 1 is 1.25 bits per heavy atom. The van der Waals surface area contributed by atoms with Gasteiger partial charge in [-0.2, -0.15) is 5.10 Å². The Morgan fingerprint density at radius 3 is 2.70 bits per heavy atom. The highest BCUT2D eigenvalue weighted by Gasteiger charge is 2.15. The maximum Gasteiger partial charge on any atom is 0.207 e. The molecule has 2 heterocycles. The number of anilines is 1. The van der Waals surface area contributed by atoms with Crippen molar-refractivity contribution >= 4 is 17.0 Å². The molecule has 0 aliphatic heterocycles. The molecule has 2 N–H and O–H groups in total. The van der Waals surface area contributed by atoms with Crippen LogP contribution in [0.2, 0.25) is 0 Å². The van der Waals surface area contributed by atoms with Crippen molar-refractivity contribution in [2.45, 2.75) is 20.0 Å². The molecule has 0 bridgehead atoms. The molecule has 0 unspecified atom stereocenters. The van der Waals surface area contributed by atoms with Gasteiger partial charge in [-0.1, -0.05) is 6.07 Å². The van der Waals surface area contributed by atoms with E-state index in [0.29, 0.717) is 5.95 Å². The Hall–Kier alpha value is -2.50. The lowest BCUT2D eigenvalue weighted by molar-refractivity contribution is 0.245. The standard InChI is InChI=1S/C14H17N5O/c1-9(2)20-11-6-4-5-10-13(11)16-14(15)19(10)12-7-8-18(3)17-12/h4-9H,1-3H3,(H2,15,16). The zero-order valence-corrected chi connectivity index (χ0v) is 11.7. The molecule has 0 fully saturated rings. The number of nitrogens with two attached hydrogens (primary N) is 1. The lowest BCUT2D eigenvalue weighted by atomic mass is 10.3. The molecular formula is C14H17N5O. The highest BCUT2D eigenvalue weighted by atomic mass is 16.5. The maximum atomic E-state index is 6.04. The van der Waals surface area contributed by atoms with Crippen molar-refractivity contribution in [1.82, 2.24) is 19.3 Å². The van der Waals surface area contributed by atoms with Crippen molar-refractivity contribution < 1.29 is 4.74 Å². The SMILES string of the molecule is CC(C)Oc1cccc2c1nc(N)n2-c1ccn(C)n1. The van der Waals surface area contributed by atoms with Crippen LogP contribution in [0, 0.1) is 0 Å². The number of aromatic nitrogens is 4. The fourth-order valence-corrected chi connectivity index (χ4v) is 2.20. The van der Waals surface area contributed by atoms with Gasteiger partial charge in [0.25, 0.3) is 0 Å². The van der Waals surface area contributed by atoms with Gasteiger partial charge in [0, 0.05) is 19.3 Å². The molecule has 0 atom stereocenters. The van der Waals surface area contributed by atoms with Gasteiger partial charge in [-0.05, 0) is 26.0 Å². The molecule has 0 radical (unpaired) electrons. The third-order valence-electron chi connectivity index (χ3n) is 2.97. The summed E-state index contributed by atoms with van der Waals surface area (Å²) in [5, 5.41) is 4.37. The van der Waals surface area contributed by atoms with Gasteiger partial charge in [-0.25, -0.2) is 4.98 Å². The highest BCUT2D eigenvalue weighted by molar-refractivity contribution is 5.86. The molecule has 0 amide bonds. The van der Waals surface area contributed by atoms with Crippen molar-refractivity contribution in [1.29, 1.82) is 0 Å². The minimum Gasteiger partial charge on any atom is -0.489 e. The topological polar surface area (TPSA) is 70.9 Å². The fourth-order valence-electron chi connectivity index (χ4n) is 2.20. The first-order chi connectivity index (χ1) is 9.56. The van der Waals surface area contributed by atoms with E-state index in [1.807, 2.05) is 55.9 Å². The molecular weight excluding hydrogens is 254 g/mol. The largest absolute Gasteiger partial charge is 0.489 e. The summed E-state index contributed by atoms with van der Waals surface area (Å²) in [5.74, 6) is 1.88. The van der Waals surface area contributed by atoms with Gasteiger partial charge in [0.15, 0.2) is 5.82 Å². The first-order valence-electron chi connectivity index (χ1n) is 6.50. The number of nitrogens with zero attached hydrogens (tertiary/aromatic N) is 4. The molecule has 3 rings (SSSR count). The van der Waals surface area contributed by atoms with E-state index in [1.165, 1.54) is 0 Å². The van der Waals surface area contributed by atoms with E-state index in [0.717, 1.165) is 22.6 Å². The smallest absolute Gasteiger partial charge is 0.207 e. The van der Waals surface area contributed by atoms with E-state index in [4.69, 9.17) is 10.5 Å². The second-order valence-electron chi connectivity index (χ2n) is 4.94. The molecule has 0 spiro atoms. The Morgan fingerprint density at radius 2 is 2.05 bits per heavy atom. The number of nitrogen functional groups attached to an aromatic ring is 1. The summed E-state index contributed by atoms with van der Waals surface area (Å²) in [7, 11) is 1.87. The maximum absolute atomic E-state index is 6.04. The molecule has 3 aromatic rings. The molecule has 104 valence electrons. The summed E-state index contributed by atoms with van der Waals surface area (Å²) in [6.45, 7) is 3.97. The number of hydrogen-bond acceptors (Lipinski definition) is 4. The van der Waals surface area contributed by atoms with Gasteiger partial charge in [0.1, 0.15) is 11.3 Å². The van der Waals surface area contributed by atoms with Crippen LogP contribution >= 0.6 is 0 Å². The van der Waals surface area contributed by atoms with Gasteiger partial charge < -0.3 is 10.5 Å². The lowest BCUT2D eigenvalue weighted by Crippen LogP contribution is -2.05. The molecule has 0 saturated carbocycles. The van der Waals surface area contributed by atoms with E-state index in [9.17, 15) is 0 Å². The van der Waals surface area contributed by atoms with Gasteiger partial charge in [0.2, 0.25) is 5.95 Å². The van der Waals surface area contributed by atoms with Crippen molar-refractivity contribution in [3.05, 3.63) is 30.5 Å². The number of ether oxygens (including phenoxy) is 1. The van der Waals surface area contributed by atoms with Crippen molar-refractivity contribution in [2.75, 3.05) is 5.73 Å². The number of imidazole rings is 1. The van der Waals surface area contributed by atoms with Crippen molar-refractivity contribution in [2.24, 2.45) is 7.05 Å². The van der Waals surface area contributed by atoms with Crippen molar-refractivity contribution in [3.8, 4) is 11.6 Å². The molecule has 1 aromatic carbocycles. The summed E-state index contributed by atoms with van der Waals surface area (Å²) in [6.07, 6.45) is 1.96. The number of fused-ring (bicyclic) bond motifs is 1. The monoisotopic (exact) mass is 271 g/mol. The second kappa shape index (κ2) is 4.56. The van der Waals surface area contributed by atoms with E-state index in [1.54, 1.807) is 4.68 Å². The van der Waals surface area contributed by atoms with Gasteiger partial charge >= 0.3 is 0 Å². The Balaban J connectivity index is 2.21. The molecule has 0 aliphatic rings. The first kappa shape index (κ1) is 12.5. The summed E-state index contributed by atoms with van der Waals surface area (Å²) >= 11 is 0. The van der Waals surface area contributed by atoms with E-state index >= 15 is 0 Å². The summed E-state index contributed by atoms with van der Waals surface area (Å²) in [6, 6.07) is 7.69. The van der Waals surface area contributed by atoms with Crippen LogP contribution in [0.1, 0.15) is 13.8 Å². The normalized spacial score (nSPS) is 11.4. The lowest BCUT2D eigenvalue weighted by Gasteiger charge is -2.09. The Kier molecular flexibility index (Phi) is 2.85. The predicted octanol–water partition coefficient (Wildman–Crippen LogP) is 2.13. The average Bonchev–Trinajstić information content (AvgIpc) is 2.92. The summed E-state index contributed by atoms with van der Waals surface area (Å²) < 4.78 is 9.33. The van der Waals surface area contributed by atoms with Gasteiger partial charge in [0.05, 0.1) is 11.6 Å². The molecule has 0 saturated heterocycles. The van der Waals surface area contributed by atoms with Gasteiger partial charge in [-0.15, -0.1) is 0 Å². The predicted molar refractivity (Wildman–Crippen MR) is 78.0 cm³/mol. The van der Waals surface area contributed by atoms with Crippen LogP contribution in [0.25, 0.3) is 16.9 Å². The third-order valence-corrected chi connectivity index (χ3v) is 2.97. The average molecular weight is 271 g/mol.